The van der Waals surface area contributed by atoms with Crippen molar-refractivity contribution in [3.05, 3.63) is 101 Å². The van der Waals surface area contributed by atoms with Gasteiger partial charge in [0.05, 0.1) is 0 Å². The lowest BCUT2D eigenvalue weighted by atomic mass is 9.87. The third-order valence-electron chi connectivity index (χ3n) is 10.0. The number of nitrogens with zero attached hydrogens (tertiary/aromatic N) is 5. The number of aromatic nitrogens is 3. The molecule has 3 amide bonds. The van der Waals surface area contributed by atoms with Crippen molar-refractivity contribution in [2.75, 3.05) is 18.4 Å². The normalized spacial score (nSPS) is 20.3. The fourth-order valence-electron chi connectivity index (χ4n) is 7.12. The number of rotatable bonds is 8. The Balaban J connectivity index is 0.833. The molecule has 47 heavy (non-hydrogen) atoms. The van der Waals surface area contributed by atoms with Gasteiger partial charge in [-0.1, -0.05) is 36.4 Å². The van der Waals surface area contributed by atoms with Crippen LogP contribution in [0.2, 0.25) is 0 Å². The molecule has 2 saturated heterocycles. The van der Waals surface area contributed by atoms with Crippen molar-refractivity contribution in [1.82, 2.24) is 30.1 Å². The summed E-state index contributed by atoms with van der Waals surface area (Å²) in [5.41, 5.74) is 7.60. The van der Waals surface area contributed by atoms with Gasteiger partial charge in [0.2, 0.25) is 17.8 Å². The van der Waals surface area contributed by atoms with E-state index in [1.165, 1.54) is 29.5 Å². The number of pyridine rings is 1. The zero-order chi connectivity index (χ0) is 31.9. The number of imide groups is 1. The molecule has 3 fully saturated rings. The standard InChI is InChI=1S/C37H37N7O3/c45-34-12-10-32(35(46)42-34)44-22-29-17-27(7-9-31(29)36(44)47)26-13-15-43(16-14-26)21-23-1-3-24(4-2-23)28-8-11-33(38-18-28)41-37-39-19-30(20-40-37)25-5-6-25/h1-4,7-9,11,17-20,25-26,32H,5-6,10,12-16,21-22H2,(H,42,45,46)(H,38,39,40,41). The van der Waals surface area contributed by atoms with Crippen molar-refractivity contribution < 1.29 is 14.4 Å². The average Bonchev–Trinajstić information content (AvgIpc) is 3.90. The van der Waals surface area contributed by atoms with E-state index in [4.69, 9.17) is 0 Å². The number of anilines is 2. The highest BCUT2D eigenvalue weighted by Crippen LogP contribution is 2.39. The van der Waals surface area contributed by atoms with Gasteiger partial charge >= 0.3 is 0 Å². The maximum Gasteiger partial charge on any atom is 0.255 e. The third-order valence-corrected chi connectivity index (χ3v) is 10.0. The van der Waals surface area contributed by atoms with Gasteiger partial charge in [0.25, 0.3) is 5.91 Å². The fraction of sp³-hybridized carbons (Fsp3) is 0.351. The molecule has 10 nitrogen and oxygen atoms in total. The number of fused-ring (bicyclic) bond motifs is 1. The fourth-order valence-corrected chi connectivity index (χ4v) is 7.12. The molecule has 3 aliphatic heterocycles. The molecular formula is C37H37N7O3. The lowest BCUT2D eigenvalue weighted by molar-refractivity contribution is -0.136. The van der Waals surface area contributed by atoms with Crippen LogP contribution in [0.4, 0.5) is 11.8 Å². The van der Waals surface area contributed by atoms with Gasteiger partial charge in [-0.15, -0.1) is 0 Å². The Bertz CT molecular complexity index is 1810. The quantitative estimate of drug-likeness (QED) is 0.253. The molecule has 1 saturated carbocycles. The molecule has 4 aromatic rings. The zero-order valence-corrected chi connectivity index (χ0v) is 26.2. The second kappa shape index (κ2) is 12.3. The number of likely N-dealkylation sites (tertiary alicyclic amines) is 1. The monoisotopic (exact) mass is 627 g/mol. The molecule has 0 spiro atoms. The number of benzene rings is 2. The molecular weight excluding hydrogens is 590 g/mol. The topological polar surface area (TPSA) is 120 Å². The van der Waals surface area contributed by atoms with E-state index in [-0.39, 0.29) is 24.1 Å². The molecule has 5 heterocycles. The van der Waals surface area contributed by atoms with Crippen LogP contribution in [0.15, 0.2) is 73.2 Å². The van der Waals surface area contributed by atoms with E-state index in [1.807, 2.05) is 30.7 Å². The first-order chi connectivity index (χ1) is 23.0. The van der Waals surface area contributed by atoms with Crippen LogP contribution in [0, 0.1) is 0 Å². The van der Waals surface area contributed by atoms with E-state index in [2.05, 4.69) is 72.9 Å². The maximum absolute atomic E-state index is 13.1. The van der Waals surface area contributed by atoms with Crippen LogP contribution in [0.5, 0.6) is 0 Å². The highest BCUT2D eigenvalue weighted by atomic mass is 16.2. The molecule has 0 radical (unpaired) electrons. The first-order valence-electron chi connectivity index (χ1n) is 16.6. The highest BCUT2D eigenvalue weighted by Gasteiger charge is 2.39. The van der Waals surface area contributed by atoms with Gasteiger partial charge in [-0.2, -0.15) is 0 Å². The van der Waals surface area contributed by atoms with Crippen LogP contribution in [0.3, 0.4) is 0 Å². The Hall–Kier alpha value is -4.96. The summed E-state index contributed by atoms with van der Waals surface area (Å²) in [6.07, 6.45) is 10.9. The van der Waals surface area contributed by atoms with Gasteiger partial charge in [0.1, 0.15) is 11.9 Å². The Morgan fingerprint density at radius 3 is 2.21 bits per heavy atom. The summed E-state index contributed by atoms with van der Waals surface area (Å²) >= 11 is 0. The van der Waals surface area contributed by atoms with Crippen LogP contribution in [0.1, 0.15) is 83.0 Å². The molecule has 1 aliphatic carbocycles. The molecule has 238 valence electrons. The lowest BCUT2D eigenvalue weighted by Crippen LogP contribution is -2.52. The molecule has 0 bridgehead atoms. The van der Waals surface area contributed by atoms with Crippen molar-refractivity contribution >= 4 is 29.5 Å². The van der Waals surface area contributed by atoms with E-state index in [0.717, 1.165) is 55.0 Å². The Morgan fingerprint density at radius 1 is 0.766 bits per heavy atom. The number of amides is 3. The van der Waals surface area contributed by atoms with Crippen molar-refractivity contribution in [1.29, 1.82) is 0 Å². The number of hydrogen-bond acceptors (Lipinski definition) is 8. The number of hydrogen-bond donors (Lipinski definition) is 2. The van der Waals surface area contributed by atoms with Gasteiger partial charge in [-0.05, 0) is 103 Å². The summed E-state index contributed by atoms with van der Waals surface area (Å²) < 4.78 is 0. The van der Waals surface area contributed by atoms with Crippen LogP contribution < -0.4 is 10.6 Å². The summed E-state index contributed by atoms with van der Waals surface area (Å²) in [4.78, 5) is 54.6. The lowest BCUT2D eigenvalue weighted by Gasteiger charge is -2.32. The van der Waals surface area contributed by atoms with E-state index in [1.54, 1.807) is 4.90 Å². The molecule has 4 aliphatic rings. The van der Waals surface area contributed by atoms with Gasteiger partial charge in [0, 0.05) is 49.2 Å². The summed E-state index contributed by atoms with van der Waals surface area (Å²) in [5, 5.41) is 5.57. The predicted octanol–water partition coefficient (Wildman–Crippen LogP) is 5.30. The minimum absolute atomic E-state index is 0.118. The molecule has 2 N–H and O–H groups in total. The average molecular weight is 628 g/mol. The summed E-state index contributed by atoms with van der Waals surface area (Å²) in [6.45, 7) is 3.35. The Labute approximate surface area is 273 Å². The molecule has 8 rings (SSSR count). The molecule has 2 aromatic heterocycles. The van der Waals surface area contributed by atoms with Crippen LogP contribution >= 0.6 is 0 Å². The number of piperidine rings is 2. The number of carbonyl (C=O) groups is 3. The van der Waals surface area contributed by atoms with Crippen LogP contribution in [-0.2, 0) is 22.7 Å². The predicted molar refractivity (Wildman–Crippen MR) is 177 cm³/mol. The van der Waals surface area contributed by atoms with E-state index >= 15 is 0 Å². The van der Waals surface area contributed by atoms with Crippen molar-refractivity contribution in [3.63, 3.8) is 0 Å². The largest absolute Gasteiger partial charge is 0.322 e. The van der Waals surface area contributed by atoms with Crippen molar-refractivity contribution in [2.45, 2.75) is 69.5 Å². The SMILES string of the molecule is O=C1CCC(N2Cc3cc(C4CCN(Cc5ccc(-c6ccc(Nc7ncc(C8CC8)cn7)nc6)cc5)CC4)ccc3C2=O)C(=O)N1. The molecule has 1 atom stereocenters. The van der Waals surface area contributed by atoms with E-state index in [0.29, 0.717) is 36.3 Å². The Kier molecular flexibility index (Phi) is 7.73. The van der Waals surface area contributed by atoms with Gasteiger partial charge < -0.3 is 10.2 Å². The highest BCUT2D eigenvalue weighted by molar-refractivity contribution is 6.05. The summed E-state index contributed by atoms with van der Waals surface area (Å²) in [7, 11) is 0. The molecule has 10 heteroatoms. The maximum atomic E-state index is 13.1. The van der Waals surface area contributed by atoms with Crippen LogP contribution in [0.25, 0.3) is 11.1 Å². The molecule has 1 unspecified atom stereocenters. The van der Waals surface area contributed by atoms with Crippen molar-refractivity contribution in [2.24, 2.45) is 0 Å². The minimum Gasteiger partial charge on any atom is -0.322 e. The first-order valence-corrected chi connectivity index (χ1v) is 16.6. The second-order valence-electron chi connectivity index (χ2n) is 13.2. The second-order valence-corrected chi connectivity index (χ2v) is 13.2. The third kappa shape index (κ3) is 6.25. The van der Waals surface area contributed by atoms with Crippen molar-refractivity contribution in [3.8, 4) is 11.1 Å². The zero-order valence-electron chi connectivity index (χ0n) is 26.2. The van der Waals surface area contributed by atoms with Gasteiger partial charge in [-0.3, -0.25) is 24.6 Å². The van der Waals surface area contributed by atoms with Crippen LogP contribution in [-0.4, -0.2) is 61.6 Å². The number of nitrogens with one attached hydrogen (secondary N) is 2. The van der Waals surface area contributed by atoms with E-state index in [9.17, 15) is 14.4 Å². The van der Waals surface area contributed by atoms with E-state index < -0.39 is 6.04 Å². The first kappa shape index (κ1) is 29.4. The van der Waals surface area contributed by atoms with Gasteiger partial charge in [0.15, 0.2) is 0 Å². The summed E-state index contributed by atoms with van der Waals surface area (Å²) in [6, 6.07) is 18.3. The summed E-state index contributed by atoms with van der Waals surface area (Å²) in [5.74, 6) is 1.60. The number of carbonyl (C=O) groups excluding carboxylic acids is 3. The molecule has 2 aromatic carbocycles. The minimum atomic E-state index is -0.580. The Morgan fingerprint density at radius 2 is 1.51 bits per heavy atom. The van der Waals surface area contributed by atoms with Gasteiger partial charge in [-0.25, -0.2) is 15.0 Å². The smallest absolute Gasteiger partial charge is 0.255 e.